The lowest BCUT2D eigenvalue weighted by Gasteiger charge is -2.40. The fourth-order valence-corrected chi connectivity index (χ4v) is 2.04. The molecule has 0 aromatic heterocycles. The summed E-state index contributed by atoms with van der Waals surface area (Å²) in [6, 6.07) is 5.45. The van der Waals surface area contributed by atoms with Gasteiger partial charge in [0.15, 0.2) is 5.60 Å². The highest BCUT2D eigenvalue weighted by Gasteiger charge is 2.41. The molecule has 0 aliphatic carbocycles. The molecule has 0 bridgehead atoms. The van der Waals surface area contributed by atoms with Crippen LogP contribution in [0.15, 0.2) is 18.2 Å². The van der Waals surface area contributed by atoms with E-state index in [4.69, 9.17) is 10.5 Å². The summed E-state index contributed by atoms with van der Waals surface area (Å²) in [5.74, 6) is 0.670. The molecule has 1 aliphatic heterocycles. The fourth-order valence-electron chi connectivity index (χ4n) is 2.04. The molecule has 0 unspecified atom stereocenters. The van der Waals surface area contributed by atoms with Crippen LogP contribution in [-0.2, 0) is 4.79 Å². The molecule has 0 saturated heterocycles. The van der Waals surface area contributed by atoms with Gasteiger partial charge in [0.25, 0.3) is 5.91 Å². The van der Waals surface area contributed by atoms with E-state index < -0.39 is 5.60 Å². The van der Waals surface area contributed by atoms with E-state index in [9.17, 15) is 4.79 Å². The van der Waals surface area contributed by atoms with Crippen molar-refractivity contribution in [3.05, 3.63) is 18.2 Å². The summed E-state index contributed by atoms with van der Waals surface area (Å²) in [7, 11) is 0. The molecule has 17 heavy (non-hydrogen) atoms. The minimum atomic E-state index is -0.826. The van der Waals surface area contributed by atoms with Crippen LogP contribution in [0.4, 0.5) is 11.4 Å². The van der Waals surface area contributed by atoms with Crippen molar-refractivity contribution in [1.82, 2.24) is 0 Å². The Hall–Kier alpha value is -1.71. The van der Waals surface area contributed by atoms with E-state index in [-0.39, 0.29) is 11.9 Å². The minimum Gasteiger partial charge on any atom is -0.476 e. The normalized spacial score (nSPS) is 17.9. The Morgan fingerprint density at radius 2 is 2.00 bits per heavy atom. The van der Waals surface area contributed by atoms with Gasteiger partial charge in [0.1, 0.15) is 5.75 Å². The molecular formula is C13H18N2O2. The maximum Gasteiger partial charge on any atom is 0.270 e. The third-order valence-corrected chi connectivity index (χ3v) is 2.86. The zero-order valence-electron chi connectivity index (χ0n) is 10.7. The number of amides is 1. The third kappa shape index (κ3) is 1.84. The van der Waals surface area contributed by atoms with Gasteiger partial charge in [0.05, 0.1) is 5.69 Å². The molecule has 4 heteroatoms. The van der Waals surface area contributed by atoms with E-state index in [0.29, 0.717) is 11.4 Å². The number of carbonyl (C=O) groups excluding carboxylic acids is 1. The largest absolute Gasteiger partial charge is 0.476 e. The number of hydrogen-bond donors (Lipinski definition) is 1. The number of fused-ring (bicyclic) bond motifs is 1. The SMILES string of the molecule is CC(C)N1C(=O)C(C)(C)Oc2ccc(N)cc21. The number of rotatable bonds is 1. The summed E-state index contributed by atoms with van der Waals surface area (Å²) < 4.78 is 5.72. The molecule has 92 valence electrons. The number of anilines is 2. The molecule has 4 nitrogen and oxygen atoms in total. The zero-order valence-corrected chi connectivity index (χ0v) is 10.7. The predicted octanol–water partition coefficient (Wildman–Crippen LogP) is 2.18. The Kier molecular flexibility index (Phi) is 2.53. The fraction of sp³-hybridized carbons (Fsp3) is 0.462. The van der Waals surface area contributed by atoms with Gasteiger partial charge < -0.3 is 15.4 Å². The van der Waals surface area contributed by atoms with E-state index in [1.807, 2.05) is 19.9 Å². The van der Waals surface area contributed by atoms with Gasteiger partial charge in [-0.05, 0) is 45.9 Å². The minimum absolute atomic E-state index is 0.0365. The van der Waals surface area contributed by atoms with Crippen molar-refractivity contribution in [3.63, 3.8) is 0 Å². The number of nitrogens with zero attached hydrogens (tertiary/aromatic N) is 1. The molecule has 2 rings (SSSR count). The van der Waals surface area contributed by atoms with Crippen LogP contribution in [0.5, 0.6) is 5.75 Å². The molecule has 0 radical (unpaired) electrons. The Morgan fingerprint density at radius 1 is 1.35 bits per heavy atom. The van der Waals surface area contributed by atoms with Crippen molar-refractivity contribution in [2.45, 2.75) is 39.3 Å². The second-order valence-corrected chi connectivity index (χ2v) is 5.11. The highest BCUT2D eigenvalue weighted by Crippen LogP contribution is 2.39. The summed E-state index contributed by atoms with van der Waals surface area (Å²) in [5.41, 5.74) is 6.32. The molecule has 2 N–H and O–H groups in total. The highest BCUT2D eigenvalue weighted by atomic mass is 16.5. The monoisotopic (exact) mass is 234 g/mol. The lowest BCUT2D eigenvalue weighted by atomic mass is 10.0. The molecular weight excluding hydrogens is 216 g/mol. The van der Waals surface area contributed by atoms with E-state index >= 15 is 0 Å². The van der Waals surface area contributed by atoms with Gasteiger partial charge >= 0.3 is 0 Å². The number of benzene rings is 1. The van der Waals surface area contributed by atoms with Crippen molar-refractivity contribution in [3.8, 4) is 5.75 Å². The van der Waals surface area contributed by atoms with Gasteiger partial charge in [0.2, 0.25) is 0 Å². The van der Waals surface area contributed by atoms with Gasteiger partial charge in [-0.1, -0.05) is 0 Å². The molecule has 1 amide bonds. The van der Waals surface area contributed by atoms with Gasteiger partial charge in [-0.3, -0.25) is 4.79 Å². The van der Waals surface area contributed by atoms with E-state index in [2.05, 4.69) is 0 Å². The smallest absolute Gasteiger partial charge is 0.270 e. The van der Waals surface area contributed by atoms with Gasteiger partial charge in [0, 0.05) is 11.7 Å². The van der Waals surface area contributed by atoms with Crippen LogP contribution in [0.2, 0.25) is 0 Å². The van der Waals surface area contributed by atoms with E-state index in [1.54, 1.807) is 30.9 Å². The summed E-state index contributed by atoms with van der Waals surface area (Å²) >= 11 is 0. The molecule has 1 aromatic carbocycles. The third-order valence-electron chi connectivity index (χ3n) is 2.86. The highest BCUT2D eigenvalue weighted by molar-refractivity contribution is 6.03. The number of nitrogens with two attached hydrogens (primary N) is 1. The molecule has 0 atom stereocenters. The molecule has 0 fully saturated rings. The lowest BCUT2D eigenvalue weighted by Crippen LogP contribution is -2.54. The predicted molar refractivity (Wildman–Crippen MR) is 68.2 cm³/mol. The Morgan fingerprint density at radius 3 is 2.59 bits per heavy atom. The number of ether oxygens (including phenoxy) is 1. The standard InChI is InChI=1S/C13H18N2O2/c1-8(2)15-10-7-9(14)5-6-11(10)17-13(3,4)12(15)16/h5-8H,14H2,1-4H3. The van der Waals surface area contributed by atoms with Crippen LogP contribution < -0.4 is 15.4 Å². The maximum atomic E-state index is 12.3. The van der Waals surface area contributed by atoms with Crippen LogP contribution in [0.1, 0.15) is 27.7 Å². The van der Waals surface area contributed by atoms with E-state index in [0.717, 1.165) is 5.69 Å². The average Bonchev–Trinajstić information content (AvgIpc) is 2.20. The van der Waals surface area contributed by atoms with Crippen molar-refractivity contribution in [2.75, 3.05) is 10.6 Å². The lowest BCUT2D eigenvalue weighted by molar-refractivity contribution is -0.133. The van der Waals surface area contributed by atoms with Crippen molar-refractivity contribution < 1.29 is 9.53 Å². The Balaban J connectivity index is 2.59. The first-order valence-corrected chi connectivity index (χ1v) is 5.75. The van der Waals surface area contributed by atoms with Crippen LogP contribution in [-0.4, -0.2) is 17.6 Å². The summed E-state index contributed by atoms with van der Waals surface area (Å²) in [6.45, 7) is 7.52. The van der Waals surface area contributed by atoms with E-state index in [1.165, 1.54) is 0 Å². The van der Waals surface area contributed by atoms with Crippen LogP contribution >= 0.6 is 0 Å². The molecule has 1 aromatic rings. The Labute approximate surface area is 101 Å². The second kappa shape index (κ2) is 3.65. The Bertz CT molecular complexity index is 466. The first-order chi connectivity index (χ1) is 7.83. The topological polar surface area (TPSA) is 55.6 Å². The average molecular weight is 234 g/mol. The maximum absolute atomic E-state index is 12.3. The quantitative estimate of drug-likeness (QED) is 0.758. The first-order valence-electron chi connectivity index (χ1n) is 5.75. The van der Waals surface area contributed by atoms with Crippen molar-refractivity contribution in [1.29, 1.82) is 0 Å². The first kappa shape index (κ1) is 11.8. The van der Waals surface area contributed by atoms with Gasteiger partial charge in [-0.2, -0.15) is 0 Å². The molecule has 1 aliphatic rings. The molecule has 1 heterocycles. The van der Waals surface area contributed by atoms with Gasteiger partial charge in [-0.15, -0.1) is 0 Å². The number of nitrogen functional groups attached to an aromatic ring is 1. The summed E-state index contributed by atoms with van der Waals surface area (Å²) in [4.78, 5) is 14.1. The zero-order chi connectivity index (χ0) is 12.8. The van der Waals surface area contributed by atoms with Crippen LogP contribution in [0.3, 0.4) is 0 Å². The second-order valence-electron chi connectivity index (χ2n) is 5.11. The van der Waals surface area contributed by atoms with Crippen molar-refractivity contribution in [2.24, 2.45) is 0 Å². The summed E-state index contributed by atoms with van der Waals surface area (Å²) in [5, 5.41) is 0. The molecule has 0 spiro atoms. The van der Waals surface area contributed by atoms with Gasteiger partial charge in [-0.25, -0.2) is 0 Å². The molecule has 0 saturated carbocycles. The van der Waals surface area contributed by atoms with Crippen LogP contribution in [0.25, 0.3) is 0 Å². The number of carbonyl (C=O) groups is 1. The van der Waals surface area contributed by atoms with Crippen LogP contribution in [0, 0.1) is 0 Å². The summed E-state index contributed by atoms with van der Waals surface area (Å²) in [6.07, 6.45) is 0. The van der Waals surface area contributed by atoms with Crippen molar-refractivity contribution >= 4 is 17.3 Å². The number of hydrogen-bond acceptors (Lipinski definition) is 3.